The van der Waals surface area contributed by atoms with E-state index in [1.807, 2.05) is 18.2 Å². The van der Waals surface area contributed by atoms with Gasteiger partial charge in [0.2, 0.25) is 0 Å². The van der Waals surface area contributed by atoms with Crippen molar-refractivity contribution in [2.24, 2.45) is 0 Å². The van der Waals surface area contributed by atoms with Crippen LogP contribution in [0.3, 0.4) is 0 Å². The SMILES string of the molecule is Clc1ccc(C2NC2c2ccccc2)cc1. The molecule has 0 saturated carbocycles. The minimum atomic E-state index is 0.444. The van der Waals surface area contributed by atoms with Crippen LogP contribution in [0.2, 0.25) is 5.02 Å². The van der Waals surface area contributed by atoms with E-state index in [1.165, 1.54) is 11.1 Å². The highest BCUT2D eigenvalue weighted by molar-refractivity contribution is 6.30. The summed E-state index contributed by atoms with van der Waals surface area (Å²) in [7, 11) is 0. The number of benzene rings is 2. The van der Waals surface area contributed by atoms with Crippen molar-refractivity contribution in [3.8, 4) is 0 Å². The van der Waals surface area contributed by atoms with Crippen LogP contribution in [-0.4, -0.2) is 0 Å². The fourth-order valence-corrected chi connectivity index (χ4v) is 2.17. The van der Waals surface area contributed by atoms with Gasteiger partial charge in [-0.2, -0.15) is 0 Å². The molecule has 0 aromatic heterocycles. The van der Waals surface area contributed by atoms with Crippen LogP contribution in [-0.2, 0) is 0 Å². The lowest BCUT2D eigenvalue weighted by Gasteiger charge is -1.99. The van der Waals surface area contributed by atoms with Gasteiger partial charge in [0.05, 0.1) is 12.1 Å². The zero-order valence-corrected chi connectivity index (χ0v) is 9.48. The van der Waals surface area contributed by atoms with Crippen molar-refractivity contribution >= 4 is 11.6 Å². The first kappa shape index (κ1) is 9.88. The van der Waals surface area contributed by atoms with Crippen molar-refractivity contribution < 1.29 is 0 Å². The summed E-state index contributed by atoms with van der Waals surface area (Å²) in [5, 5.41) is 4.27. The first-order valence-corrected chi connectivity index (χ1v) is 5.79. The summed E-state index contributed by atoms with van der Waals surface area (Å²) in [4.78, 5) is 0. The first-order chi connectivity index (χ1) is 7.84. The lowest BCUT2D eigenvalue weighted by atomic mass is 10.0. The zero-order valence-electron chi connectivity index (χ0n) is 8.73. The van der Waals surface area contributed by atoms with Gasteiger partial charge in [-0.05, 0) is 23.3 Å². The van der Waals surface area contributed by atoms with Gasteiger partial charge < -0.3 is 0 Å². The van der Waals surface area contributed by atoms with Crippen molar-refractivity contribution in [2.75, 3.05) is 0 Å². The van der Waals surface area contributed by atoms with E-state index < -0.39 is 0 Å². The average Bonchev–Trinajstić information content (AvgIpc) is 3.11. The fourth-order valence-electron chi connectivity index (χ4n) is 2.05. The van der Waals surface area contributed by atoms with Crippen LogP contribution in [0.1, 0.15) is 23.2 Å². The monoisotopic (exact) mass is 229 g/mol. The largest absolute Gasteiger partial charge is 0.300 e. The predicted octanol–water partition coefficient (Wildman–Crippen LogP) is 3.73. The topological polar surface area (TPSA) is 21.9 Å². The van der Waals surface area contributed by atoms with Gasteiger partial charge in [-0.3, -0.25) is 5.32 Å². The number of halogens is 1. The van der Waals surface area contributed by atoms with E-state index in [4.69, 9.17) is 11.6 Å². The maximum atomic E-state index is 5.87. The summed E-state index contributed by atoms with van der Waals surface area (Å²) in [6.45, 7) is 0. The van der Waals surface area contributed by atoms with E-state index in [-0.39, 0.29) is 0 Å². The molecule has 1 aliphatic rings. The summed E-state index contributed by atoms with van der Waals surface area (Å²) >= 11 is 5.87. The van der Waals surface area contributed by atoms with Crippen LogP contribution in [0.4, 0.5) is 0 Å². The Hall–Kier alpha value is -1.31. The Morgan fingerprint density at radius 2 is 1.31 bits per heavy atom. The van der Waals surface area contributed by atoms with Crippen molar-refractivity contribution in [3.63, 3.8) is 0 Å². The maximum absolute atomic E-state index is 5.87. The third kappa shape index (κ3) is 1.84. The van der Waals surface area contributed by atoms with Crippen LogP contribution < -0.4 is 5.32 Å². The molecule has 1 nitrogen and oxygen atoms in total. The van der Waals surface area contributed by atoms with Gasteiger partial charge in [0, 0.05) is 5.02 Å². The summed E-state index contributed by atoms with van der Waals surface area (Å²) in [5.41, 5.74) is 2.65. The number of nitrogens with one attached hydrogen (secondary N) is 1. The van der Waals surface area contributed by atoms with Crippen molar-refractivity contribution in [1.82, 2.24) is 5.32 Å². The summed E-state index contributed by atoms with van der Waals surface area (Å²) in [6, 6.07) is 19.5. The Balaban J connectivity index is 1.79. The van der Waals surface area contributed by atoms with E-state index in [9.17, 15) is 0 Å². The third-order valence-electron chi connectivity index (χ3n) is 2.97. The minimum absolute atomic E-state index is 0.444. The molecule has 0 radical (unpaired) electrons. The molecule has 3 rings (SSSR count). The molecule has 1 fully saturated rings. The molecule has 16 heavy (non-hydrogen) atoms. The van der Waals surface area contributed by atoms with Crippen LogP contribution in [0, 0.1) is 0 Å². The maximum Gasteiger partial charge on any atom is 0.0523 e. The van der Waals surface area contributed by atoms with Crippen molar-refractivity contribution in [1.29, 1.82) is 0 Å². The minimum Gasteiger partial charge on any atom is -0.300 e. The highest BCUT2D eigenvalue weighted by Gasteiger charge is 2.38. The average molecular weight is 230 g/mol. The van der Waals surface area contributed by atoms with Crippen LogP contribution in [0.15, 0.2) is 54.6 Å². The highest BCUT2D eigenvalue weighted by Crippen LogP contribution is 2.42. The molecule has 2 aromatic rings. The molecule has 0 aliphatic carbocycles. The summed E-state index contributed by atoms with van der Waals surface area (Å²) in [6.07, 6.45) is 0. The Labute approximate surface area is 100 Å². The molecule has 1 N–H and O–H groups in total. The Morgan fingerprint density at radius 1 is 0.750 bits per heavy atom. The highest BCUT2D eigenvalue weighted by atomic mass is 35.5. The van der Waals surface area contributed by atoms with Gasteiger partial charge in [0.1, 0.15) is 0 Å². The van der Waals surface area contributed by atoms with Crippen LogP contribution in [0.5, 0.6) is 0 Å². The van der Waals surface area contributed by atoms with Gasteiger partial charge in [0.15, 0.2) is 0 Å². The zero-order chi connectivity index (χ0) is 11.0. The third-order valence-corrected chi connectivity index (χ3v) is 3.22. The molecular weight excluding hydrogens is 218 g/mol. The lowest BCUT2D eigenvalue weighted by Crippen LogP contribution is -1.83. The van der Waals surface area contributed by atoms with Gasteiger partial charge in [0.25, 0.3) is 0 Å². The molecule has 2 atom stereocenters. The van der Waals surface area contributed by atoms with Gasteiger partial charge >= 0.3 is 0 Å². The second kappa shape index (κ2) is 3.93. The van der Waals surface area contributed by atoms with E-state index in [0.29, 0.717) is 12.1 Å². The molecular formula is C14H12ClN. The van der Waals surface area contributed by atoms with E-state index >= 15 is 0 Å². The standard InChI is InChI=1S/C14H12ClN/c15-12-8-6-11(7-9-12)14-13(16-14)10-4-2-1-3-5-10/h1-9,13-14,16H. The predicted molar refractivity (Wildman–Crippen MR) is 66.5 cm³/mol. The quantitative estimate of drug-likeness (QED) is 0.779. The normalized spacial score (nSPS) is 23.1. The number of rotatable bonds is 2. The Kier molecular flexibility index (Phi) is 2.43. The number of hydrogen-bond donors (Lipinski definition) is 1. The van der Waals surface area contributed by atoms with Gasteiger partial charge in [-0.1, -0.05) is 54.1 Å². The van der Waals surface area contributed by atoms with Crippen molar-refractivity contribution in [2.45, 2.75) is 12.1 Å². The molecule has 80 valence electrons. The smallest absolute Gasteiger partial charge is 0.0523 e. The van der Waals surface area contributed by atoms with E-state index in [1.54, 1.807) is 0 Å². The molecule has 0 amide bonds. The summed E-state index contributed by atoms with van der Waals surface area (Å²) < 4.78 is 0. The van der Waals surface area contributed by atoms with E-state index in [0.717, 1.165) is 5.02 Å². The lowest BCUT2D eigenvalue weighted by molar-refractivity contribution is 1.03. The van der Waals surface area contributed by atoms with Crippen molar-refractivity contribution in [3.05, 3.63) is 70.7 Å². The Bertz CT molecular complexity index is 478. The van der Waals surface area contributed by atoms with Crippen LogP contribution >= 0.6 is 11.6 Å². The molecule has 2 unspecified atom stereocenters. The van der Waals surface area contributed by atoms with Gasteiger partial charge in [-0.15, -0.1) is 0 Å². The first-order valence-electron chi connectivity index (χ1n) is 5.41. The second-order valence-corrected chi connectivity index (χ2v) is 4.52. The molecule has 0 spiro atoms. The Morgan fingerprint density at radius 3 is 1.94 bits per heavy atom. The van der Waals surface area contributed by atoms with Gasteiger partial charge in [-0.25, -0.2) is 0 Å². The molecule has 1 heterocycles. The molecule has 2 aromatic carbocycles. The molecule has 2 heteroatoms. The van der Waals surface area contributed by atoms with E-state index in [2.05, 4.69) is 41.7 Å². The van der Waals surface area contributed by atoms with Crippen LogP contribution in [0.25, 0.3) is 0 Å². The molecule has 1 aliphatic heterocycles. The number of hydrogen-bond acceptors (Lipinski definition) is 1. The molecule has 1 saturated heterocycles. The second-order valence-electron chi connectivity index (χ2n) is 4.08. The molecule has 0 bridgehead atoms. The fraction of sp³-hybridized carbons (Fsp3) is 0.143. The summed E-state index contributed by atoms with van der Waals surface area (Å²) in [5.74, 6) is 0.